The van der Waals surface area contributed by atoms with Crippen molar-refractivity contribution in [2.24, 2.45) is 0 Å². The summed E-state index contributed by atoms with van der Waals surface area (Å²) in [5, 5.41) is 3.08. The van der Waals surface area contributed by atoms with Gasteiger partial charge in [-0.3, -0.25) is 5.32 Å². The number of ether oxygens (including phenoxy) is 2. The lowest BCUT2D eigenvalue weighted by Gasteiger charge is -2.10. The minimum absolute atomic E-state index is 0.224. The fourth-order valence-corrected chi connectivity index (χ4v) is 1.71. The molecule has 1 aliphatic rings. The predicted octanol–water partition coefficient (Wildman–Crippen LogP) is 0.408. The summed E-state index contributed by atoms with van der Waals surface area (Å²) in [6, 6.07) is 0. The van der Waals surface area contributed by atoms with Crippen LogP contribution < -0.4 is 5.32 Å². The van der Waals surface area contributed by atoms with E-state index in [0.717, 1.165) is 23.4 Å². The van der Waals surface area contributed by atoms with Crippen molar-refractivity contribution < 1.29 is 9.47 Å². The SMILES string of the molecule is Ic1cn(CCOC2NCCO2)cn1. The zero-order valence-electron chi connectivity index (χ0n) is 7.65. The highest BCUT2D eigenvalue weighted by Gasteiger charge is 2.13. The molecule has 0 aliphatic carbocycles. The van der Waals surface area contributed by atoms with Crippen molar-refractivity contribution in [2.75, 3.05) is 19.8 Å². The maximum Gasteiger partial charge on any atom is 0.216 e. The molecule has 2 rings (SSSR count). The molecular weight excluding hydrogens is 297 g/mol. The van der Waals surface area contributed by atoms with Gasteiger partial charge in [-0.25, -0.2) is 4.98 Å². The Bertz CT molecular complexity index is 286. The third-order valence-electron chi connectivity index (χ3n) is 1.90. The van der Waals surface area contributed by atoms with Crippen LogP contribution in [-0.4, -0.2) is 35.7 Å². The normalized spacial score (nSPS) is 21.6. The molecule has 1 fully saturated rings. The molecule has 0 aromatic carbocycles. The second-order valence-corrected chi connectivity index (χ2v) is 4.07. The summed E-state index contributed by atoms with van der Waals surface area (Å²) in [5.74, 6) is 0. The van der Waals surface area contributed by atoms with Crippen molar-refractivity contribution in [2.45, 2.75) is 13.0 Å². The summed E-state index contributed by atoms with van der Waals surface area (Å²) in [6.45, 7) is 3.03. The molecule has 0 bridgehead atoms. The predicted molar refractivity (Wildman–Crippen MR) is 58.6 cm³/mol. The summed E-state index contributed by atoms with van der Waals surface area (Å²) in [4.78, 5) is 4.11. The van der Waals surface area contributed by atoms with Crippen LogP contribution in [0.2, 0.25) is 0 Å². The molecule has 0 amide bonds. The molecule has 1 aliphatic heterocycles. The lowest BCUT2D eigenvalue weighted by Crippen LogP contribution is -2.27. The Morgan fingerprint density at radius 1 is 1.79 bits per heavy atom. The van der Waals surface area contributed by atoms with Crippen LogP contribution in [0.25, 0.3) is 0 Å². The van der Waals surface area contributed by atoms with Crippen molar-refractivity contribution in [3.63, 3.8) is 0 Å². The molecule has 1 aromatic rings. The number of aromatic nitrogens is 2. The maximum absolute atomic E-state index is 5.43. The van der Waals surface area contributed by atoms with E-state index in [1.165, 1.54) is 0 Å². The van der Waals surface area contributed by atoms with Gasteiger partial charge in [-0.2, -0.15) is 0 Å². The quantitative estimate of drug-likeness (QED) is 0.819. The van der Waals surface area contributed by atoms with Crippen LogP contribution in [0, 0.1) is 3.70 Å². The molecule has 1 saturated heterocycles. The Labute approximate surface area is 95.9 Å². The second kappa shape index (κ2) is 5.06. The Kier molecular flexibility index (Phi) is 3.74. The zero-order chi connectivity index (χ0) is 9.80. The van der Waals surface area contributed by atoms with Gasteiger partial charge >= 0.3 is 0 Å². The third kappa shape index (κ3) is 2.91. The van der Waals surface area contributed by atoms with E-state index in [2.05, 4.69) is 32.9 Å². The van der Waals surface area contributed by atoms with E-state index in [9.17, 15) is 0 Å². The van der Waals surface area contributed by atoms with Gasteiger partial charge in [0.05, 0.1) is 19.5 Å². The van der Waals surface area contributed by atoms with E-state index in [1.54, 1.807) is 6.33 Å². The summed E-state index contributed by atoms with van der Waals surface area (Å²) < 4.78 is 13.7. The topological polar surface area (TPSA) is 48.3 Å². The molecular formula is C8H12IN3O2. The molecule has 1 aromatic heterocycles. The standard InChI is InChI=1S/C8H12IN3O2/c9-7-5-12(6-11-7)2-4-14-8-10-1-3-13-8/h5-6,8,10H,1-4H2. The van der Waals surface area contributed by atoms with E-state index in [1.807, 2.05) is 10.8 Å². The zero-order valence-corrected chi connectivity index (χ0v) is 9.81. The Morgan fingerprint density at radius 3 is 3.36 bits per heavy atom. The van der Waals surface area contributed by atoms with Crippen molar-refractivity contribution in [1.82, 2.24) is 14.9 Å². The molecule has 0 radical (unpaired) electrons. The number of rotatable bonds is 4. The highest BCUT2D eigenvalue weighted by atomic mass is 127. The van der Waals surface area contributed by atoms with Crippen LogP contribution in [0.1, 0.15) is 0 Å². The minimum atomic E-state index is -0.224. The Morgan fingerprint density at radius 2 is 2.71 bits per heavy atom. The van der Waals surface area contributed by atoms with E-state index in [4.69, 9.17) is 9.47 Å². The first kappa shape index (κ1) is 10.3. The number of halogens is 1. The van der Waals surface area contributed by atoms with Gasteiger partial charge in [0.15, 0.2) is 0 Å². The first-order valence-electron chi connectivity index (χ1n) is 4.48. The van der Waals surface area contributed by atoms with Crippen LogP contribution in [-0.2, 0) is 16.0 Å². The Balaban J connectivity index is 1.67. The molecule has 1 unspecified atom stereocenters. The van der Waals surface area contributed by atoms with Gasteiger partial charge in [-0.05, 0) is 22.6 Å². The average Bonchev–Trinajstić information content (AvgIpc) is 2.77. The largest absolute Gasteiger partial charge is 0.338 e. The Hall–Kier alpha value is -0.180. The van der Waals surface area contributed by atoms with E-state index in [-0.39, 0.29) is 6.41 Å². The van der Waals surface area contributed by atoms with Crippen LogP contribution in [0.4, 0.5) is 0 Å². The molecule has 6 heteroatoms. The van der Waals surface area contributed by atoms with Crippen LogP contribution in [0.5, 0.6) is 0 Å². The minimum Gasteiger partial charge on any atom is -0.338 e. The van der Waals surface area contributed by atoms with Crippen LogP contribution in [0.15, 0.2) is 12.5 Å². The number of imidazole rings is 1. The van der Waals surface area contributed by atoms with Gasteiger partial charge < -0.3 is 14.0 Å². The van der Waals surface area contributed by atoms with Crippen molar-refractivity contribution in [3.8, 4) is 0 Å². The fourth-order valence-electron chi connectivity index (χ4n) is 1.23. The monoisotopic (exact) mass is 309 g/mol. The van der Waals surface area contributed by atoms with Gasteiger partial charge in [0.25, 0.3) is 0 Å². The molecule has 0 saturated carbocycles. The van der Waals surface area contributed by atoms with Gasteiger partial charge in [0, 0.05) is 19.3 Å². The lowest BCUT2D eigenvalue weighted by molar-refractivity contribution is -0.124. The summed E-state index contributed by atoms with van der Waals surface area (Å²) in [5.41, 5.74) is 0. The average molecular weight is 309 g/mol. The number of hydrogen-bond donors (Lipinski definition) is 1. The van der Waals surface area contributed by atoms with Crippen LogP contribution >= 0.6 is 22.6 Å². The fraction of sp³-hybridized carbons (Fsp3) is 0.625. The third-order valence-corrected chi connectivity index (χ3v) is 2.46. The first-order valence-corrected chi connectivity index (χ1v) is 5.56. The molecule has 1 N–H and O–H groups in total. The first-order chi connectivity index (χ1) is 6.84. The molecule has 0 spiro atoms. The number of nitrogens with zero attached hydrogens (tertiary/aromatic N) is 2. The summed E-state index contributed by atoms with van der Waals surface area (Å²) in [6.07, 6.45) is 3.55. The van der Waals surface area contributed by atoms with Crippen LogP contribution in [0.3, 0.4) is 0 Å². The number of hydrogen-bond acceptors (Lipinski definition) is 4. The van der Waals surface area contributed by atoms with Crippen molar-refractivity contribution in [1.29, 1.82) is 0 Å². The molecule has 2 heterocycles. The van der Waals surface area contributed by atoms with Gasteiger partial charge in [-0.1, -0.05) is 0 Å². The smallest absolute Gasteiger partial charge is 0.216 e. The number of nitrogens with one attached hydrogen (secondary N) is 1. The molecule has 5 nitrogen and oxygen atoms in total. The van der Waals surface area contributed by atoms with E-state index < -0.39 is 0 Å². The molecule has 14 heavy (non-hydrogen) atoms. The van der Waals surface area contributed by atoms with Gasteiger partial charge in [0.1, 0.15) is 3.70 Å². The summed E-state index contributed by atoms with van der Waals surface area (Å²) in [7, 11) is 0. The second-order valence-electron chi connectivity index (χ2n) is 2.96. The van der Waals surface area contributed by atoms with Crippen molar-refractivity contribution in [3.05, 3.63) is 16.2 Å². The van der Waals surface area contributed by atoms with Gasteiger partial charge in [-0.15, -0.1) is 0 Å². The van der Waals surface area contributed by atoms with E-state index in [0.29, 0.717) is 6.61 Å². The molecule has 78 valence electrons. The molecule has 1 atom stereocenters. The van der Waals surface area contributed by atoms with E-state index >= 15 is 0 Å². The van der Waals surface area contributed by atoms with Gasteiger partial charge in [0.2, 0.25) is 6.41 Å². The summed E-state index contributed by atoms with van der Waals surface area (Å²) >= 11 is 2.18. The lowest BCUT2D eigenvalue weighted by atomic mass is 10.6. The highest BCUT2D eigenvalue weighted by Crippen LogP contribution is 2.01. The maximum atomic E-state index is 5.43. The highest BCUT2D eigenvalue weighted by molar-refractivity contribution is 14.1. The van der Waals surface area contributed by atoms with Crippen molar-refractivity contribution >= 4 is 22.6 Å².